The molecule has 14 heteroatoms. The summed E-state index contributed by atoms with van der Waals surface area (Å²) in [5.41, 5.74) is 0.506. The number of carbonyl (C=O) groups is 1. The molecule has 5 aliphatic rings. The molecule has 7 heterocycles. The molecule has 0 aliphatic carbocycles. The van der Waals surface area contributed by atoms with Gasteiger partial charge in [-0.2, -0.15) is 9.97 Å². The highest BCUT2D eigenvalue weighted by Crippen LogP contribution is 2.47. The minimum absolute atomic E-state index is 0.00638. The number of benzene rings is 2. The number of aromatic nitrogens is 3. The molecule has 1 amide bonds. The highest BCUT2D eigenvalue weighted by molar-refractivity contribution is 6.03. The Morgan fingerprint density at radius 2 is 1.93 bits per heavy atom. The number of anilines is 1. The van der Waals surface area contributed by atoms with Crippen LogP contribution in [0.1, 0.15) is 65.4 Å². The first-order valence-corrected chi connectivity index (χ1v) is 19.5. The molecule has 292 valence electrons. The highest BCUT2D eigenvalue weighted by Gasteiger charge is 2.52. The van der Waals surface area contributed by atoms with E-state index in [0.29, 0.717) is 48.4 Å². The zero-order chi connectivity index (χ0) is 38.2. The average molecular weight is 759 g/mol. The standard InChI is InChI=1S/C41H48F2N6O6/c1-6-23-9-7-10-24-15-27(54-22-51-5)16-28(31(23)24)34-33(43)35-32-36(46-38(45-35)53-21-41-13-8-14-47(41)18-25(42)17-41)48-19-26-11-12-29(30(48)20-52-37(32)44-34)49(26)39(50)55-40(2,3)4/h7,9-10,15-16,25-26,29-30H,6,8,11-14,17-22H2,1-5H3/t25-,26+,29-,30-,41+/m0/s1. The van der Waals surface area contributed by atoms with Gasteiger partial charge in [-0.1, -0.05) is 25.1 Å². The van der Waals surface area contributed by atoms with E-state index in [2.05, 4.69) is 16.7 Å². The first-order chi connectivity index (χ1) is 26.5. The third-order valence-corrected chi connectivity index (χ3v) is 12.0. The minimum Gasteiger partial charge on any atom is -0.475 e. The summed E-state index contributed by atoms with van der Waals surface area (Å²) in [7, 11) is 1.54. The maximum atomic E-state index is 17.6. The van der Waals surface area contributed by atoms with Crippen molar-refractivity contribution < 1.29 is 37.3 Å². The van der Waals surface area contributed by atoms with Crippen molar-refractivity contribution in [2.75, 3.05) is 51.7 Å². The molecule has 2 aromatic heterocycles. The third-order valence-electron chi connectivity index (χ3n) is 12.0. The summed E-state index contributed by atoms with van der Waals surface area (Å²) in [6, 6.07) is 8.94. The lowest BCUT2D eigenvalue weighted by atomic mass is 9.94. The van der Waals surface area contributed by atoms with Gasteiger partial charge in [-0.25, -0.2) is 18.6 Å². The number of pyridine rings is 1. The molecule has 0 N–H and O–H groups in total. The van der Waals surface area contributed by atoms with E-state index in [0.717, 1.165) is 48.6 Å². The molecule has 2 aromatic carbocycles. The van der Waals surface area contributed by atoms with E-state index in [4.69, 9.17) is 38.6 Å². The number of nitrogens with zero attached hydrogens (tertiary/aromatic N) is 6. The Bertz CT molecular complexity index is 2170. The van der Waals surface area contributed by atoms with Crippen LogP contribution in [-0.4, -0.2) is 113 Å². The summed E-state index contributed by atoms with van der Waals surface area (Å²) in [5, 5.41) is 2.05. The Morgan fingerprint density at radius 3 is 2.73 bits per heavy atom. The SMILES string of the molecule is CCc1cccc2cc(OCOC)cc(-c3nc4c5c(nc(OC[C@]67CCCN6C[C@@H](F)C7)nc5c3F)N3C[C@H]5CC[C@@H]([C@@H]3CO4)N5C(=O)OC(C)(C)C)c12. The van der Waals surface area contributed by atoms with Gasteiger partial charge in [0.2, 0.25) is 5.88 Å². The minimum atomic E-state index is -0.930. The van der Waals surface area contributed by atoms with Crippen molar-refractivity contribution in [3.8, 4) is 28.9 Å². The summed E-state index contributed by atoms with van der Waals surface area (Å²) in [4.78, 5) is 34.4. The first kappa shape index (κ1) is 36.1. The van der Waals surface area contributed by atoms with Crippen molar-refractivity contribution >= 4 is 33.6 Å². The molecule has 4 fully saturated rings. The second kappa shape index (κ2) is 13.6. The van der Waals surface area contributed by atoms with Gasteiger partial charge in [0.1, 0.15) is 53.2 Å². The molecule has 4 saturated heterocycles. The van der Waals surface area contributed by atoms with Gasteiger partial charge in [-0.15, -0.1) is 0 Å². The number of hydrogen-bond acceptors (Lipinski definition) is 11. The molecule has 5 aliphatic heterocycles. The Morgan fingerprint density at radius 1 is 1.07 bits per heavy atom. The van der Waals surface area contributed by atoms with Gasteiger partial charge in [0.15, 0.2) is 12.6 Å². The van der Waals surface area contributed by atoms with Crippen LogP contribution in [0.5, 0.6) is 17.6 Å². The predicted molar refractivity (Wildman–Crippen MR) is 202 cm³/mol. The maximum absolute atomic E-state index is 17.6. The van der Waals surface area contributed by atoms with E-state index in [9.17, 15) is 9.18 Å². The molecule has 9 rings (SSSR count). The van der Waals surface area contributed by atoms with E-state index in [1.807, 2.05) is 49.9 Å². The quantitative estimate of drug-likeness (QED) is 0.176. The topological polar surface area (TPSA) is 112 Å². The third kappa shape index (κ3) is 6.16. The number of amides is 1. The fourth-order valence-corrected chi connectivity index (χ4v) is 9.72. The number of ether oxygens (including phenoxy) is 5. The van der Waals surface area contributed by atoms with Crippen molar-refractivity contribution in [1.29, 1.82) is 0 Å². The first-order valence-electron chi connectivity index (χ1n) is 19.5. The number of rotatable bonds is 8. The molecular formula is C41H48F2N6O6. The van der Waals surface area contributed by atoms with Gasteiger partial charge >= 0.3 is 12.1 Å². The second-order valence-corrected chi connectivity index (χ2v) is 16.6. The van der Waals surface area contributed by atoms with Gasteiger partial charge in [0.05, 0.1) is 23.7 Å². The molecule has 0 spiro atoms. The largest absolute Gasteiger partial charge is 0.475 e. The molecule has 55 heavy (non-hydrogen) atoms. The van der Waals surface area contributed by atoms with Crippen LogP contribution in [0.15, 0.2) is 30.3 Å². The summed E-state index contributed by atoms with van der Waals surface area (Å²) in [6.45, 7) is 9.64. The molecular weight excluding hydrogens is 710 g/mol. The number of fused-ring (bicyclic) bond motifs is 7. The van der Waals surface area contributed by atoms with Gasteiger partial charge in [-0.3, -0.25) is 9.80 Å². The second-order valence-electron chi connectivity index (χ2n) is 16.6. The summed E-state index contributed by atoms with van der Waals surface area (Å²) < 4.78 is 62.3. The monoisotopic (exact) mass is 758 g/mol. The lowest BCUT2D eigenvalue weighted by Crippen LogP contribution is -2.63. The fourth-order valence-electron chi connectivity index (χ4n) is 9.72. The molecule has 12 nitrogen and oxygen atoms in total. The fraction of sp³-hybridized carbons (Fsp3) is 0.561. The van der Waals surface area contributed by atoms with Crippen LogP contribution >= 0.6 is 0 Å². The molecule has 0 radical (unpaired) electrons. The van der Waals surface area contributed by atoms with E-state index in [1.165, 1.54) is 0 Å². The van der Waals surface area contributed by atoms with Gasteiger partial charge in [0, 0.05) is 32.2 Å². The van der Waals surface area contributed by atoms with Crippen LogP contribution in [-0.2, 0) is 15.9 Å². The van der Waals surface area contributed by atoms with E-state index in [-0.39, 0.29) is 67.3 Å². The lowest BCUT2D eigenvalue weighted by molar-refractivity contribution is 0.00537. The predicted octanol–water partition coefficient (Wildman–Crippen LogP) is 6.83. The molecule has 0 unspecified atom stereocenters. The normalized spacial score (nSPS) is 25.9. The van der Waals surface area contributed by atoms with Crippen molar-refractivity contribution in [3.63, 3.8) is 0 Å². The zero-order valence-corrected chi connectivity index (χ0v) is 32.1. The van der Waals surface area contributed by atoms with Gasteiger partial charge in [0.25, 0.3) is 0 Å². The molecule has 2 bridgehead atoms. The van der Waals surface area contributed by atoms with Crippen molar-refractivity contribution in [2.24, 2.45) is 0 Å². The summed E-state index contributed by atoms with van der Waals surface area (Å²) in [5.74, 6) is 0.495. The van der Waals surface area contributed by atoms with Crippen molar-refractivity contribution in [3.05, 3.63) is 41.7 Å². The van der Waals surface area contributed by atoms with Crippen LogP contribution in [0.25, 0.3) is 32.9 Å². The van der Waals surface area contributed by atoms with Crippen LogP contribution in [0.3, 0.4) is 0 Å². The van der Waals surface area contributed by atoms with Crippen LogP contribution in [0.4, 0.5) is 19.4 Å². The van der Waals surface area contributed by atoms with Gasteiger partial charge < -0.3 is 28.6 Å². The zero-order valence-electron chi connectivity index (χ0n) is 32.1. The molecule has 0 saturated carbocycles. The number of methoxy groups -OCH3 is 1. The average Bonchev–Trinajstić information content (AvgIpc) is 3.76. The Kier molecular flexibility index (Phi) is 8.91. The van der Waals surface area contributed by atoms with Crippen molar-refractivity contribution in [1.82, 2.24) is 24.8 Å². The Hall–Kier alpha value is -4.56. The number of aryl methyl sites for hydroxylation is 1. The van der Waals surface area contributed by atoms with Crippen molar-refractivity contribution in [2.45, 2.75) is 102 Å². The maximum Gasteiger partial charge on any atom is 0.410 e. The van der Waals surface area contributed by atoms with Crippen LogP contribution in [0.2, 0.25) is 0 Å². The van der Waals surface area contributed by atoms with Crippen LogP contribution < -0.4 is 19.1 Å². The van der Waals surface area contributed by atoms with E-state index < -0.39 is 23.1 Å². The lowest BCUT2D eigenvalue weighted by Gasteiger charge is -2.46. The smallest absolute Gasteiger partial charge is 0.410 e. The number of halogens is 2. The number of carbonyl (C=O) groups excluding carboxylic acids is 1. The highest BCUT2D eigenvalue weighted by atomic mass is 19.1. The molecule has 4 aromatic rings. The molecule has 5 atom stereocenters. The summed E-state index contributed by atoms with van der Waals surface area (Å²) >= 11 is 0. The van der Waals surface area contributed by atoms with E-state index >= 15 is 4.39 Å². The number of hydrogen-bond donors (Lipinski definition) is 0. The van der Waals surface area contributed by atoms with Crippen LogP contribution in [0, 0.1) is 5.82 Å². The summed E-state index contributed by atoms with van der Waals surface area (Å²) in [6.07, 6.45) is 3.08. The Labute approximate surface area is 319 Å². The van der Waals surface area contributed by atoms with Gasteiger partial charge in [-0.05, 0) is 87.9 Å². The number of alkyl halides is 1. The van der Waals surface area contributed by atoms with E-state index in [1.54, 1.807) is 13.2 Å². The Balaban J connectivity index is 1.20. The number of piperazine rings is 1.